The molecule has 1 atom stereocenters. The van der Waals surface area contributed by atoms with Gasteiger partial charge in [0.15, 0.2) is 5.12 Å². The molecule has 1 unspecified atom stereocenters. The maximum Gasteiger partial charge on any atom is 0.336 e. The molecule has 1 heterocycles. The molecule has 4 aromatic rings. The number of amides is 1. The Hall–Kier alpha value is -3.91. The first-order valence-corrected chi connectivity index (χ1v) is 15.4. The van der Waals surface area contributed by atoms with Crippen LogP contribution in [-0.2, 0) is 17.8 Å². The zero-order chi connectivity index (χ0) is 30.4. The number of nitrogens with one attached hydrogen (secondary N) is 1. The third-order valence-electron chi connectivity index (χ3n) is 7.20. The zero-order valence-electron chi connectivity index (χ0n) is 24.9. The Balaban J connectivity index is 1.66. The molecule has 0 aliphatic rings. The molecule has 0 bridgehead atoms. The number of hydrogen-bond donors (Lipinski definition) is 2. The van der Waals surface area contributed by atoms with Crippen LogP contribution in [0.25, 0.3) is 22.2 Å². The summed E-state index contributed by atoms with van der Waals surface area (Å²) in [6, 6.07) is 18.7. The van der Waals surface area contributed by atoms with Gasteiger partial charge in [0.2, 0.25) is 0 Å². The van der Waals surface area contributed by atoms with E-state index in [1.165, 1.54) is 11.8 Å². The minimum atomic E-state index is -0.952. The summed E-state index contributed by atoms with van der Waals surface area (Å²) in [6.45, 7) is 10.4. The molecule has 42 heavy (non-hydrogen) atoms. The number of nitrogens with zero attached hydrogens (tertiary/aromatic N) is 2. The van der Waals surface area contributed by atoms with Gasteiger partial charge in [0, 0.05) is 37.2 Å². The summed E-state index contributed by atoms with van der Waals surface area (Å²) in [5.41, 5.74) is 6.14. The van der Waals surface area contributed by atoms with Gasteiger partial charge in [-0.2, -0.15) is 0 Å². The van der Waals surface area contributed by atoms with E-state index in [0.29, 0.717) is 29.3 Å². The van der Waals surface area contributed by atoms with Crippen LogP contribution in [0.1, 0.15) is 78.2 Å². The lowest BCUT2D eigenvalue weighted by Gasteiger charge is -2.20. The molecule has 7 nitrogen and oxygen atoms in total. The third kappa shape index (κ3) is 7.48. The van der Waals surface area contributed by atoms with Gasteiger partial charge in [0.1, 0.15) is 5.82 Å². The second-order valence-corrected chi connectivity index (χ2v) is 12.4. The maximum absolute atomic E-state index is 13.5. The van der Waals surface area contributed by atoms with Crippen LogP contribution >= 0.6 is 11.8 Å². The van der Waals surface area contributed by atoms with Gasteiger partial charge in [-0.3, -0.25) is 9.59 Å². The van der Waals surface area contributed by atoms with Crippen LogP contribution < -0.4 is 5.32 Å². The molecule has 1 aromatic heterocycles. The lowest BCUT2D eigenvalue weighted by molar-refractivity contribution is -0.109. The van der Waals surface area contributed by atoms with E-state index in [4.69, 9.17) is 4.98 Å². The molecule has 220 valence electrons. The van der Waals surface area contributed by atoms with Gasteiger partial charge >= 0.3 is 5.97 Å². The van der Waals surface area contributed by atoms with Gasteiger partial charge < -0.3 is 15.0 Å². The normalized spacial score (nSPS) is 12.0. The summed E-state index contributed by atoms with van der Waals surface area (Å²) in [5, 5.41) is 12.8. The van der Waals surface area contributed by atoms with E-state index < -0.39 is 5.97 Å². The van der Waals surface area contributed by atoms with Crippen molar-refractivity contribution in [1.29, 1.82) is 0 Å². The highest BCUT2D eigenvalue weighted by atomic mass is 32.2. The number of hydrogen-bond acceptors (Lipinski definition) is 5. The molecule has 4 rings (SSSR count). The molecule has 3 aromatic carbocycles. The molecule has 0 radical (unpaired) electrons. The average Bonchev–Trinajstić information content (AvgIpc) is 3.29. The number of carbonyl (C=O) groups excluding carboxylic acids is 2. The van der Waals surface area contributed by atoms with Gasteiger partial charge in [-0.05, 0) is 66.1 Å². The van der Waals surface area contributed by atoms with Crippen LogP contribution in [0.2, 0.25) is 0 Å². The van der Waals surface area contributed by atoms with Gasteiger partial charge in [0.25, 0.3) is 5.91 Å². The summed E-state index contributed by atoms with van der Waals surface area (Å²) in [7, 11) is 0. The van der Waals surface area contributed by atoms with Crippen molar-refractivity contribution in [3.05, 3.63) is 88.7 Å². The van der Waals surface area contributed by atoms with Crippen molar-refractivity contribution in [2.45, 2.75) is 66.5 Å². The maximum atomic E-state index is 13.5. The number of carboxylic acid groups (broad SMARTS) is 1. The van der Waals surface area contributed by atoms with Crippen LogP contribution in [-0.4, -0.2) is 43.4 Å². The second kappa shape index (κ2) is 13.8. The molecule has 0 saturated heterocycles. The standard InChI is InChI=1S/C34H39N3O4S/c1-6-9-31-36-32-22(4)17-26(33(39)35-27(16-21(2)3)20-42-23(5)38)18-30(32)37(31)19-24-12-14-25(15-13-24)28-10-7-8-11-29(28)34(40)41/h7-8,10-15,17-18,21,27H,6,9,16,19-20H2,1-5H3,(H,35,39)(H,40,41). The molecule has 0 aliphatic heterocycles. The predicted molar refractivity (Wildman–Crippen MR) is 170 cm³/mol. The molecule has 2 N–H and O–H groups in total. The average molecular weight is 586 g/mol. The van der Waals surface area contributed by atoms with Crippen molar-refractivity contribution in [2.75, 3.05) is 5.75 Å². The summed E-state index contributed by atoms with van der Waals surface area (Å²) in [5.74, 6) is 0.790. The van der Waals surface area contributed by atoms with E-state index >= 15 is 0 Å². The zero-order valence-corrected chi connectivity index (χ0v) is 25.8. The van der Waals surface area contributed by atoms with Crippen molar-refractivity contribution in [2.24, 2.45) is 5.92 Å². The first-order valence-electron chi connectivity index (χ1n) is 14.4. The number of aryl methyl sites for hydroxylation is 2. The van der Waals surface area contributed by atoms with E-state index in [-0.39, 0.29) is 22.6 Å². The lowest BCUT2D eigenvalue weighted by atomic mass is 9.98. The summed E-state index contributed by atoms with van der Waals surface area (Å²) in [6.07, 6.45) is 2.53. The number of aromatic carboxylic acids is 1. The Kier molecular flexibility index (Phi) is 10.2. The summed E-state index contributed by atoms with van der Waals surface area (Å²) in [4.78, 5) is 41.7. The highest BCUT2D eigenvalue weighted by Gasteiger charge is 2.20. The summed E-state index contributed by atoms with van der Waals surface area (Å²) >= 11 is 1.24. The molecular formula is C34H39N3O4S. The van der Waals surface area contributed by atoms with Crippen LogP contribution in [0.3, 0.4) is 0 Å². The van der Waals surface area contributed by atoms with E-state index in [2.05, 4.69) is 30.7 Å². The van der Waals surface area contributed by atoms with Crippen molar-refractivity contribution in [1.82, 2.24) is 14.9 Å². The van der Waals surface area contributed by atoms with Crippen molar-refractivity contribution >= 4 is 39.8 Å². The number of aromatic nitrogens is 2. The highest BCUT2D eigenvalue weighted by molar-refractivity contribution is 8.13. The Morgan fingerprint density at radius 3 is 2.40 bits per heavy atom. The van der Waals surface area contributed by atoms with Gasteiger partial charge in [-0.1, -0.05) is 75.0 Å². The monoisotopic (exact) mass is 585 g/mol. The van der Waals surface area contributed by atoms with Gasteiger partial charge in [0.05, 0.1) is 16.6 Å². The van der Waals surface area contributed by atoms with E-state index in [9.17, 15) is 19.5 Å². The second-order valence-electron chi connectivity index (χ2n) is 11.2. The lowest BCUT2D eigenvalue weighted by Crippen LogP contribution is -2.38. The number of fused-ring (bicyclic) bond motifs is 1. The number of thioether (sulfide) groups is 1. The van der Waals surface area contributed by atoms with E-state index in [1.807, 2.05) is 55.5 Å². The SMILES string of the molecule is CCCc1nc2c(C)cc(C(=O)NC(CSC(C)=O)CC(C)C)cc2n1Cc1ccc(-c2ccccc2C(=O)O)cc1. The van der Waals surface area contributed by atoms with E-state index in [1.54, 1.807) is 19.1 Å². The topological polar surface area (TPSA) is 101 Å². The molecule has 0 aliphatic carbocycles. The van der Waals surface area contributed by atoms with Crippen molar-refractivity contribution in [3.8, 4) is 11.1 Å². The molecule has 0 spiro atoms. The largest absolute Gasteiger partial charge is 0.478 e. The highest BCUT2D eigenvalue weighted by Crippen LogP contribution is 2.27. The number of carboxylic acids is 1. The van der Waals surface area contributed by atoms with Crippen LogP contribution in [0.15, 0.2) is 60.7 Å². The van der Waals surface area contributed by atoms with Gasteiger partial charge in [-0.25, -0.2) is 9.78 Å². The smallest absolute Gasteiger partial charge is 0.336 e. The predicted octanol–water partition coefficient (Wildman–Crippen LogP) is 7.13. The Bertz CT molecular complexity index is 1590. The fraction of sp³-hybridized carbons (Fsp3) is 0.353. The number of rotatable bonds is 12. The first-order chi connectivity index (χ1) is 20.1. The van der Waals surface area contributed by atoms with E-state index in [0.717, 1.165) is 52.8 Å². The van der Waals surface area contributed by atoms with Gasteiger partial charge in [-0.15, -0.1) is 0 Å². The number of carbonyl (C=O) groups is 3. The first kappa shape index (κ1) is 31.0. The fourth-order valence-electron chi connectivity index (χ4n) is 5.28. The van der Waals surface area contributed by atoms with Crippen LogP contribution in [0.5, 0.6) is 0 Å². The minimum Gasteiger partial charge on any atom is -0.478 e. The number of benzene rings is 3. The third-order valence-corrected chi connectivity index (χ3v) is 8.18. The van der Waals surface area contributed by atoms with Crippen molar-refractivity contribution < 1.29 is 19.5 Å². The number of imidazole rings is 1. The van der Waals surface area contributed by atoms with Crippen LogP contribution in [0.4, 0.5) is 0 Å². The molecular weight excluding hydrogens is 546 g/mol. The molecule has 1 amide bonds. The van der Waals surface area contributed by atoms with Crippen LogP contribution in [0, 0.1) is 12.8 Å². The quantitative estimate of drug-likeness (QED) is 0.183. The Morgan fingerprint density at radius 2 is 1.76 bits per heavy atom. The molecule has 0 saturated carbocycles. The minimum absolute atomic E-state index is 0.0433. The Morgan fingerprint density at radius 1 is 1.05 bits per heavy atom. The van der Waals surface area contributed by atoms with Crippen molar-refractivity contribution in [3.63, 3.8) is 0 Å². The molecule has 0 fully saturated rings. The molecule has 8 heteroatoms. The summed E-state index contributed by atoms with van der Waals surface area (Å²) < 4.78 is 2.18. The fourth-order valence-corrected chi connectivity index (χ4v) is 5.94. The Labute approximate surface area is 251 Å².